The molecule has 0 radical (unpaired) electrons. The van der Waals surface area contributed by atoms with Crippen molar-refractivity contribution < 1.29 is 5.11 Å². The van der Waals surface area contributed by atoms with E-state index < -0.39 is 0 Å². The number of hydrogen-bond acceptors (Lipinski definition) is 2. The van der Waals surface area contributed by atoms with Crippen molar-refractivity contribution in [3.8, 4) is 0 Å². The van der Waals surface area contributed by atoms with Gasteiger partial charge in [0.25, 0.3) is 0 Å². The van der Waals surface area contributed by atoms with E-state index in [0.29, 0.717) is 11.8 Å². The van der Waals surface area contributed by atoms with Gasteiger partial charge in [0.2, 0.25) is 0 Å². The van der Waals surface area contributed by atoms with Gasteiger partial charge in [0.1, 0.15) is 0 Å². The molecule has 2 heteroatoms. The normalized spacial score (nSPS) is 24.3. The largest absolute Gasteiger partial charge is 0.388 e. The summed E-state index contributed by atoms with van der Waals surface area (Å²) in [6.45, 7) is 0. The zero-order chi connectivity index (χ0) is 11.7. The molecule has 0 saturated heterocycles. The predicted molar refractivity (Wildman–Crippen MR) is 66.5 cm³/mol. The molecule has 17 heavy (non-hydrogen) atoms. The minimum atomic E-state index is -0.381. The summed E-state index contributed by atoms with van der Waals surface area (Å²) in [5.41, 5.74) is 2.26. The molecule has 1 aliphatic rings. The summed E-state index contributed by atoms with van der Waals surface area (Å²) in [5.74, 6) is 0.855. The third kappa shape index (κ3) is 2.08. The maximum absolute atomic E-state index is 10.3. The number of rotatable bonds is 3. The van der Waals surface area contributed by atoms with Crippen molar-refractivity contribution >= 4 is 0 Å². The van der Waals surface area contributed by atoms with Gasteiger partial charge in [-0.3, -0.25) is 4.98 Å². The van der Waals surface area contributed by atoms with Gasteiger partial charge in [0.15, 0.2) is 0 Å². The van der Waals surface area contributed by atoms with Gasteiger partial charge in [-0.2, -0.15) is 0 Å². The van der Waals surface area contributed by atoms with E-state index in [-0.39, 0.29) is 6.10 Å². The van der Waals surface area contributed by atoms with Gasteiger partial charge in [-0.15, -0.1) is 0 Å². The highest BCUT2D eigenvalue weighted by Gasteiger charge is 2.43. The molecule has 1 aliphatic carbocycles. The van der Waals surface area contributed by atoms with Gasteiger partial charge in [0.05, 0.1) is 6.10 Å². The number of aliphatic hydroxyl groups excluding tert-OH is 1. The first-order valence-corrected chi connectivity index (χ1v) is 5.99. The lowest BCUT2D eigenvalue weighted by Gasteiger charge is -2.09. The van der Waals surface area contributed by atoms with E-state index in [0.717, 1.165) is 12.0 Å². The Morgan fingerprint density at radius 1 is 1.12 bits per heavy atom. The van der Waals surface area contributed by atoms with Crippen LogP contribution in [0.15, 0.2) is 54.9 Å². The smallest absolute Gasteiger partial charge is 0.0839 e. The van der Waals surface area contributed by atoms with E-state index in [1.165, 1.54) is 5.56 Å². The van der Waals surface area contributed by atoms with Gasteiger partial charge in [-0.1, -0.05) is 36.4 Å². The highest BCUT2D eigenvalue weighted by molar-refractivity contribution is 5.28. The molecule has 2 nitrogen and oxygen atoms in total. The molecule has 1 fully saturated rings. The number of aliphatic hydroxyl groups is 1. The van der Waals surface area contributed by atoms with Gasteiger partial charge in [-0.25, -0.2) is 0 Å². The Kier molecular flexibility index (Phi) is 2.65. The molecule has 3 rings (SSSR count). The molecule has 1 aromatic carbocycles. The second-order valence-corrected chi connectivity index (χ2v) is 4.65. The fraction of sp³-hybridized carbons (Fsp3) is 0.267. The number of nitrogens with zero attached hydrogens (tertiary/aromatic N) is 1. The van der Waals surface area contributed by atoms with Crippen LogP contribution in [-0.4, -0.2) is 10.1 Å². The van der Waals surface area contributed by atoms with E-state index in [9.17, 15) is 5.11 Å². The van der Waals surface area contributed by atoms with E-state index in [2.05, 4.69) is 29.2 Å². The third-order valence-corrected chi connectivity index (χ3v) is 3.50. The van der Waals surface area contributed by atoms with Crippen molar-refractivity contribution in [1.82, 2.24) is 4.98 Å². The zero-order valence-corrected chi connectivity index (χ0v) is 9.53. The van der Waals surface area contributed by atoms with Crippen LogP contribution >= 0.6 is 0 Å². The maximum atomic E-state index is 10.3. The van der Waals surface area contributed by atoms with Crippen LogP contribution in [0.5, 0.6) is 0 Å². The maximum Gasteiger partial charge on any atom is 0.0839 e. The molecule has 0 amide bonds. The molecule has 86 valence electrons. The van der Waals surface area contributed by atoms with Crippen molar-refractivity contribution in [2.45, 2.75) is 18.4 Å². The van der Waals surface area contributed by atoms with Crippen LogP contribution in [0.2, 0.25) is 0 Å². The van der Waals surface area contributed by atoms with Crippen LogP contribution in [0.25, 0.3) is 0 Å². The van der Waals surface area contributed by atoms with Gasteiger partial charge < -0.3 is 5.11 Å². The molecular formula is C15H15NO. The van der Waals surface area contributed by atoms with Gasteiger partial charge >= 0.3 is 0 Å². The lowest BCUT2D eigenvalue weighted by Crippen LogP contribution is -2.01. The third-order valence-electron chi connectivity index (χ3n) is 3.50. The Morgan fingerprint density at radius 2 is 1.94 bits per heavy atom. The number of aromatic nitrogens is 1. The highest BCUT2D eigenvalue weighted by atomic mass is 16.3. The minimum absolute atomic E-state index is 0.349. The quantitative estimate of drug-likeness (QED) is 0.871. The van der Waals surface area contributed by atoms with E-state index >= 15 is 0 Å². The van der Waals surface area contributed by atoms with Gasteiger partial charge in [-0.05, 0) is 35.4 Å². The molecule has 0 aliphatic heterocycles. The van der Waals surface area contributed by atoms with Crippen LogP contribution in [-0.2, 0) is 0 Å². The van der Waals surface area contributed by atoms with Crippen LogP contribution in [0.3, 0.4) is 0 Å². The van der Waals surface area contributed by atoms with E-state index in [1.54, 1.807) is 12.4 Å². The van der Waals surface area contributed by atoms with Crippen molar-refractivity contribution in [2.24, 2.45) is 5.92 Å². The number of pyridine rings is 1. The van der Waals surface area contributed by atoms with Crippen LogP contribution < -0.4 is 0 Å². The fourth-order valence-electron chi connectivity index (χ4n) is 2.45. The molecule has 1 N–H and O–H groups in total. The summed E-state index contributed by atoms with van der Waals surface area (Å²) in [4.78, 5) is 4.05. The van der Waals surface area contributed by atoms with Crippen LogP contribution in [0.4, 0.5) is 0 Å². The van der Waals surface area contributed by atoms with Crippen LogP contribution in [0.1, 0.15) is 29.6 Å². The number of benzene rings is 1. The summed E-state index contributed by atoms with van der Waals surface area (Å²) in [5, 5.41) is 10.3. The first-order chi connectivity index (χ1) is 8.36. The molecule has 3 atom stereocenters. The Bertz CT molecular complexity index is 483. The molecule has 1 heterocycles. The molecular weight excluding hydrogens is 210 g/mol. The molecule has 0 bridgehead atoms. The lowest BCUT2D eigenvalue weighted by atomic mass is 10.0. The Balaban J connectivity index is 1.73. The molecule has 0 spiro atoms. The Hall–Kier alpha value is -1.67. The minimum Gasteiger partial charge on any atom is -0.388 e. The average Bonchev–Trinajstić information content (AvgIpc) is 3.20. The Morgan fingerprint density at radius 3 is 2.65 bits per heavy atom. The van der Waals surface area contributed by atoms with Crippen LogP contribution in [0, 0.1) is 5.92 Å². The summed E-state index contributed by atoms with van der Waals surface area (Å²) in [6.07, 6.45) is 4.18. The first-order valence-electron chi connectivity index (χ1n) is 5.99. The van der Waals surface area contributed by atoms with E-state index in [4.69, 9.17) is 0 Å². The van der Waals surface area contributed by atoms with E-state index in [1.807, 2.05) is 18.2 Å². The van der Waals surface area contributed by atoms with Crippen molar-refractivity contribution in [3.05, 3.63) is 66.0 Å². The van der Waals surface area contributed by atoms with Crippen molar-refractivity contribution in [2.75, 3.05) is 0 Å². The van der Waals surface area contributed by atoms with Crippen molar-refractivity contribution in [1.29, 1.82) is 0 Å². The summed E-state index contributed by atoms with van der Waals surface area (Å²) >= 11 is 0. The average molecular weight is 225 g/mol. The van der Waals surface area contributed by atoms with Gasteiger partial charge in [0, 0.05) is 12.4 Å². The monoisotopic (exact) mass is 225 g/mol. The summed E-state index contributed by atoms with van der Waals surface area (Å²) < 4.78 is 0. The lowest BCUT2D eigenvalue weighted by molar-refractivity contribution is 0.151. The standard InChI is InChI=1S/C15H15NO/c17-15(12-7-4-8-16-10-12)14-9-13(14)11-5-2-1-3-6-11/h1-8,10,13-15,17H,9H2/t13-,14+,15-/m1/s1. The predicted octanol–water partition coefficient (Wildman–Crippen LogP) is 2.92. The molecule has 1 saturated carbocycles. The number of hydrogen-bond donors (Lipinski definition) is 1. The second kappa shape index (κ2) is 4.30. The first kappa shape index (κ1) is 10.5. The second-order valence-electron chi connectivity index (χ2n) is 4.65. The fourth-order valence-corrected chi connectivity index (χ4v) is 2.45. The van der Waals surface area contributed by atoms with Crippen molar-refractivity contribution in [3.63, 3.8) is 0 Å². The SMILES string of the molecule is O[C@H](c1cccnc1)[C@H]1C[C@@H]1c1ccccc1. The molecule has 1 aromatic heterocycles. The molecule has 2 aromatic rings. The summed E-state index contributed by atoms with van der Waals surface area (Å²) in [7, 11) is 0. The summed E-state index contributed by atoms with van der Waals surface area (Å²) in [6, 6.07) is 14.2. The molecule has 0 unspecified atom stereocenters. The highest BCUT2D eigenvalue weighted by Crippen LogP contribution is 2.53. The zero-order valence-electron chi connectivity index (χ0n) is 9.53. The Labute approximate surface area is 101 Å². The topological polar surface area (TPSA) is 33.1 Å².